The Hall–Kier alpha value is 0.310. The summed E-state index contributed by atoms with van der Waals surface area (Å²) in [6.07, 6.45) is 7.85. The van der Waals surface area contributed by atoms with E-state index in [1.54, 1.807) is 0 Å². The molecule has 0 aliphatic rings. The van der Waals surface area contributed by atoms with Gasteiger partial charge in [0.05, 0.1) is 0 Å². The monoisotopic (exact) mass is 315 g/mol. The van der Waals surface area contributed by atoms with Gasteiger partial charge in [-0.3, -0.25) is 0 Å². The van der Waals surface area contributed by atoms with Gasteiger partial charge in [-0.15, -0.1) is 0 Å². The van der Waals surface area contributed by atoms with Crippen molar-refractivity contribution in [2.45, 2.75) is 80.1 Å². The summed E-state index contributed by atoms with van der Waals surface area (Å²) in [5, 5.41) is 0. The summed E-state index contributed by atoms with van der Waals surface area (Å²) < 4.78 is 0. The highest BCUT2D eigenvalue weighted by atomic mass is 32.1. The Balaban J connectivity index is 4.74. The van der Waals surface area contributed by atoms with Gasteiger partial charge in [-0.2, -0.15) is 12.6 Å². The van der Waals surface area contributed by atoms with E-state index in [2.05, 4.69) is 46.4 Å². The summed E-state index contributed by atoms with van der Waals surface area (Å²) in [5.41, 5.74) is 0.431. The average Bonchev–Trinajstić information content (AvgIpc) is 2.42. The molecule has 0 aliphatic heterocycles. The topological polar surface area (TPSA) is 3.24 Å². The minimum Gasteiger partial charge on any atom is -0.303 e. The zero-order valence-electron chi connectivity index (χ0n) is 15.6. The van der Waals surface area contributed by atoms with Crippen molar-refractivity contribution in [3.63, 3.8) is 0 Å². The lowest BCUT2D eigenvalue weighted by Gasteiger charge is -2.38. The summed E-state index contributed by atoms with van der Waals surface area (Å²) in [6, 6.07) is 0. The van der Waals surface area contributed by atoms with Crippen molar-refractivity contribution in [3.8, 4) is 0 Å². The van der Waals surface area contributed by atoms with E-state index >= 15 is 0 Å². The number of hydrogen-bond acceptors (Lipinski definition) is 2. The fraction of sp³-hybridized carbons (Fsp3) is 1.00. The van der Waals surface area contributed by atoms with Crippen molar-refractivity contribution in [1.29, 1.82) is 0 Å². The van der Waals surface area contributed by atoms with Gasteiger partial charge in [0, 0.05) is 6.54 Å². The third-order valence-electron chi connectivity index (χ3n) is 4.50. The Kier molecular flexibility index (Phi) is 12.0. The zero-order chi connectivity index (χ0) is 16.3. The summed E-state index contributed by atoms with van der Waals surface area (Å²) >= 11 is 4.73. The van der Waals surface area contributed by atoms with Crippen LogP contribution in [0.1, 0.15) is 80.1 Å². The van der Waals surface area contributed by atoms with Gasteiger partial charge in [-0.1, -0.05) is 54.4 Å². The molecule has 0 fully saturated rings. The molecule has 0 atom stereocenters. The van der Waals surface area contributed by atoms with E-state index in [-0.39, 0.29) is 0 Å². The maximum absolute atomic E-state index is 4.73. The second-order valence-electron chi connectivity index (χ2n) is 7.80. The first-order valence-electron chi connectivity index (χ1n) is 9.22. The van der Waals surface area contributed by atoms with Crippen molar-refractivity contribution in [2.24, 2.45) is 17.3 Å². The lowest BCUT2D eigenvalue weighted by molar-refractivity contribution is 0.136. The van der Waals surface area contributed by atoms with E-state index in [9.17, 15) is 0 Å². The highest BCUT2D eigenvalue weighted by Gasteiger charge is 2.29. The molecule has 0 unspecified atom stereocenters. The molecule has 0 heterocycles. The van der Waals surface area contributed by atoms with Crippen LogP contribution in [0, 0.1) is 17.3 Å². The fourth-order valence-electron chi connectivity index (χ4n) is 3.18. The largest absolute Gasteiger partial charge is 0.303 e. The zero-order valence-corrected chi connectivity index (χ0v) is 16.5. The normalized spacial score (nSPS) is 12.9. The quantitative estimate of drug-likeness (QED) is 0.414. The second-order valence-corrected chi connectivity index (χ2v) is 8.12. The van der Waals surface area contributed by atoms with Gasteiger partial charge in [-0.25, -0.2) is 0 Å². The predicted molar refractivity (Wildman–Crippen MR) is 101 cm³/mol. The van der Waals surface area contributed by atoms with Gasteiger partial charge in [0.1, 0.15) is 0 Å². The van der Waals surface area contributed by atoms with E-state index in [0.717, 1.165) is 17.6 Å². The van der Waals surface area contributed by atoms with Crippen LogP contribution in [0.25, 0.3) is 0 Å². The van der Waals surface area contributed by atoms with E-state index < -0.39 is 0 Å². The molecule has 21 heavy (non-hydrogen) atoms. The van der Waals surface area contributed by atoms with Gasteiger partial charge in [-0.05, 0) is 61.8 Å². The molecule has 0 aliphatic carbocycles. The molecule has 0 aromatic carbocycles. The maximum atomic E-state index is 4.73. The molecule has 0 saturated carbocycles. The van der Waals surface area contributed by atoms with Crippen LogP contribution >= 0.6 is 12.6 Å². The van der Waals surface area contributed by atoms with Gasteiger partial charge in [0.2, 0.25) is 0 Å². The van der Waals surface area contributed by atoms with E-state index in [1.807, 2.05) is 0 Å². The Morgan fingerprint density at radius 1 is 0.857 bits per heavy atom. The van der Waals surface area contributed by atoms with Gasteiger partial charge < -0.3 is 4.90 Å². The third kappa shape index (κ3) is 9.84. The number of thiol groups is 1. The second kappa shape index (κ2) is 11.8. The number of nitrogens with zero attached hydrogens (tertiary/aromatic N) is 1. The van der Waals surface area contributed by atoms with Crippen LogP contribution in [0.3, 0.4) is 0 Å². The van der Waals surface area contributed by atoms with Gasteiger partial charge in [0.15, 0.2) is 0 Å². The summed E-state index contributed by atoms with van der Waals surface area (Å²) in [7, 11) is 0. The lowest BCUT2D eigenvalue weighted by Crippen LogP contribution is -2.40. The summed E-state index contributed by atoms with van der Waals surface area (Å²) in [5.74, 6) is 2.64. The first-order valence-corrected chi connectivity index (χ1v) is 9.85. The predicted octanol–water partition coefficient (Wildman–Crippen LogP) is 5.90. The molecule has 128 valence electrons. The van der Waals surface area contributed by atoms with Crippen LogP contribution in [0.5, 0.6) is 0 Å². The molecule has 0 amide bonds. The van der Waals surface area contributed by atoms with Crippen molar-refractivity contribution < 1.29 is 0 Å². The highest BCUT2D eigenvalue weighted by Crippen LogP contribution is 2.32. The first kappa shape index (κ1) is 21.3. The van der Waals surface area contributed by atoms with Crippen molar-refractivity contribution in [2.75, 3.05) is 25.4 Å². The summed E-state index contributed by atoms with van der Waals surface area (Å²) in [6.45, 7) is 17.8. The third-order valence-corrected chi connectivity index (χ3v) is 5.17. The number of hydrogen-bond donors (Lipinski definition) is 1. The molecular formula is C19H41NS. The van der Waals surface area contributed by atoms with Crippen LogP contribution in [0.2, 0.25) is 0 Å². The Labute approximate surface area is 140 Å². The van der Waals surface area contributed by atoms with Crippen LogP contribution in [-0.4, -0.2) is 30.3 Å². The fourth-order valence-corrected chi connectivity index (χ4v) is 3.59. The molecule has 0 radical (unpaired) electrons. The molecule has 0 bridgehead atoms. The van der Waals surface area contributed by atoms with Crippen LogP contribution in [0.4, 0.5) is 0 Å². The van der Waals surface area contributed by atoms with Crippen molar-refractivity contribution in [3.05, 3.63) is 0 Å². The standard InChI is InChI=1S/C19H41NS/c1-7-11-19(16-21,12-8-2)15-20(13-9-17(3)4)14-10-18(5)6/h17-18,21H,7-16H2,1-6H3. The number of rotatable bonds is 13. The molecule has 2 heteroatoms. The smallest absolute Gasteiger partial charge is 0.00458 e. The van der Waals surface area contributed by atoms with Crippen LogP contribution in [0.15, 0.2) is 0 Å². The van der Waals surface area contributed by atoms with Crippen LogP contribution in [-0.2, 0) is 0 Å². The Morgan fingerprint density at radius 3 is 1.57 bits per heavy atom. The molecule has 0 aromatic heterocycles. The van der Waals surface area contributed by atoms with E-state index in [4.69, 9.17) is 12.6 Å². The SMILES string of the molecule is CCCC(CS)(CCC)CN(CCC(C)C)CCC(C)C. The summed E-state index contributed by atoms with van der Waals surface area (Å²) in [4.78, 5) is 2.74. The molecule has 0 N–H and O–H groups in total. The van der Waals surface area contributed by atoms with E-state index in [1.165, 1.54) is 58.2 Å². The molecule has 0 saturated heterocycles. The lowest BCUT2D eigenvalue weighted by atomic mass is 9.80. The molecular weight excluding hydrogens is 274 g/mol. The average molecular weight is 316 g/mol. The highest BCUT2D eigenvalue weighted by molar-refractivity contribution is 7.80. The Morgan fingerprint density at radius 2 is 1.29 bits per heavy atom. The van der Waals surface area contributed by atoms with Gasteiger partial charge in [0.25, 0.3) is 0 Å². The van der Waals surface area contributed by atoms with E-state index in [0.29, 0.717) is 5.41 Å². The molecule has 1 nitrogen and oxygen atoms in total. The van der Waals surface area contributed by atoms with Crippen LogP contribution < -0.4 is 0 Å². The van der Waals surface area contributed by atoms with Gasteiger partial charge >= 0.3 is 0 Å². The molecule has 0 aromatic rings. The van der Waals surface area contributed by atoms with Crippen molar-refractivity contribution in [1.82, 2.24) is 4.90 Å². The van der Waals surface area contributed by atoms with Crippen molar-refractivity contribution >= 4 is 12.6 Å². The maximum Gasteiger partial charge on any atom is 0.00458 e. The molecule has 0 spiro atoms. The first-order chi connectivity index (χ1) is 9.89. The Bertz CT molecular complexity index is 220. The molecule has 0 rings (SSSR count). The minimum atomic E-state index is 0.431. The minimum absolute atomic E-state index is 0.431.